The minimum Gasteiger partial charge on any atom is -0.454 e. The lowest BCUT2D eigenvalue weighted by molar-refractivity contribution is 0.628. The molecule has 3 rings (SSSR count). The maximum atomic E-state index is 5.89. The van der Waals surface area contributed by atoms with E-state index in [1.165, 1.54) is 5.56 Å². The van der Waals surface area contributed by atoms with E-state index < -0.39 is 0 Å². The minimum atomic E-state index is 0.748. The third-order valence-corrected chi connectivity index (χ3v) is 3.15. The second kappa shape index (κ2) is 5.33. The average molecular weight is 267 g/mol. The van der Waals surface area contributed by atoms with Gasteiger partial charge in [-0.25, -0.2) is 9.97 Å². The van der Waals surface area contributed by atoms with E-state index in [0.29, 0.717) is 0 Å². The van der Waals surface area contributed by atoms with Crippen molar-refractivity contribution in [2.75, 3.05) is 11.9 Å². The predicted molar refractivity (Wildman–Crippen MR) is 80.8 cm³/mol. The lowest BCUT2D eigenvalue weighted by Crippen LogP contribution is -2.04. The van der Waals surface area contributed by atoms with Crippen molar-refractivity contribution >= 4 is 16.8 Å². The molecule has 102 valence electrons. The van der Waals surface area contributed by atoms with Crippen LogP contribution in [0, 0.1) is 6.92 Å². The summed E-state index contributed by atoms with van der Waals surface area (Å²) in [7, 11) is 0. The van der Waals surface area contributed by atoms with Gasteiger partial charge in [-0.1, -0.05) is 18.6 Å². The van der Waals surface area contributed by atoms with Crippen molar-refractivity contribution in [1.29, 1.82) is 0 Å². The van der Waals surface area contributed by atoms with Gasteiger partial charge >= 0.3 is 0 Å². The number of rotatable bonds is 4. The molecule has 0 aliphatic carbocycles. The van der Waals surface area contributed by atoms with E-state index in [0.717, 1.165) is 41.2 Å². The number of nitrogens with zero attached hydrogens (tertiary/aromatic N) is 2. The molecular formula is C16H17N3O. The maximum Gasteiger partial charge on any atom is 0.157 e. The summed E-state index contributed by atoms with van der Waals surface area (Å²) in [6.45, 7) is 5.06. The van der Waals surface area contributed by atoms with Gasteiger partial charge in [-0.2, -0.15) is 0 Å². The molecule has 4 heteroatoms. The summed E-state index contributed by atoms with van der Waals surface area (Å²) in [6.07, 6.45) is 4.41. The second-order valence-corrected chi connectivity index (χ2v) is 4.83. The standard InChI is InChI=1S/C16H17N3O/c1-3-6-18-16-15(17-7-8-19-16)14-10-12-9-11(2)4-5-13(12)20-14/h4-5,7-10H,3,6H2,1-2H3,(H,18,19). The van der Waals surface area contributed by atoms with Crippen molar-refractivity contribution in [3.05, 3.63) is 42.2 Å². The van der Waals surface area contributed by atoms with Crippen LogP contribution < -0.4 is 5.32 Å². The molecule has 20 heavy (non-hydrogen) atoms. The Kier molecular flexibility index (Phi) is 3.37. The zero-order valence-corrected chi connectivity index (χ0v) is 11.7. The molecule has 0 bridgehead atoms. The Morgan fingerprint density at radius 3 is 2.85 bits per heavy atom. The van der Waals surface area contributed by atoms with Crippen LogP contribution in [0.4, 0.5) is 5.82 Å². The van der Waals surface area contributed by atoms with Crippen LogP contribution in [-0.4, -0.2) is 16.5 Å². The number of benzene rings is 1. The molecule has 0 aliphatic rings. The molecule has 0 amide bonds. The van der Waals surface area contributed by atoms with E-state index >= 15 is 0 Å². The van der Waals surface area contributed by atoms with Crippen molar-refractivity contribution in [2.24, 2.45) is 0 Å². The number of aryl methyl sites for hydroxylation is 1. The van der Waals surface area contributed by atoms with E-state index in [4.69, 9.17) is 4.42 Å². The van der Waals surface area contributed by atoms with E-state index in [1.54, 1.807) is 12.4 Å². The lowest BCUT2D eigenvalue weighted by Gasteiger charge is -2.06. The normalized spacial score (nSPS) is 10.9. The molecule has 0 atom stereocenters. The van der Waals surface area contributed by atoms with Crippen LogP contribution in [0.5, 0.6) is 0 Å². The molecular weight excluding hydrogens is 250 g/mol. The third-order valence-electron chi connectivity index (χ3n) is 3.15. The van der Waals surface area contributed by atoms with Crippen LogP contribution in [0.25, 0.3) is 22.4 Å². The number of hydrogen-bond donors (Lipinski definition) is 1. The highest BCUT2D eigenvalue weighted by Gasteiger charge is 2.12. The van der Waals surface area contributed by atoms with Gasteiger partial charge in [-0.3, -0.25) is 0 Å². The number of fused-ring (bicyclic) bond motifs is 1. The molecule has 0 aliphatic heterocycles. The molecule has 1 N–H and O–H groups in total. The molecule has 4 nitrogen and oxygen atoms in total. The molecule has 1 aromatic carbocycles. The van der Waals surface area contributed by atoms with Gasteiger partial charge in [0.05, 0.1) is 0 Å². The Bertz CT molecular complexity index is 733. The van der Waals surface area contributed by atoms with Gasteiger partial charge in [-0.15, -0.1) is 0 Å². The number of nitrogens with one attached hydrogen (secondary N) is 1. The van der Waals surface area contributed by atoms with Crippen LogP contribution in [0.3, 0.4) is 0 Å². The third kappa shape index (κ3) is 2.37. The zero-order valence-electron chi connectivity index (χ0n) is 11.7. The summed E-state index contributed by atoms with van der Waals surface area (Å²) in [4.78, 5) is 8.75. The fourth-order valence-electron chi connectivity index (χ4n) is 2.17. The fourth-order valence-corrected chi connectivity index (χ4v) is 2.17. The lowest BCUT2D eigenvalue weighted by atomic mass is 10.2. The first-order valence-electron chi connectivity index (χ1n) is 6.83. The number of furan rings is 1. The molecule has 0 radical (unpaired) electrons. The van der Waals surface area contributed by atoms with Gasteiger partial charge in [-0.05, 0) is 31.5 Å². The monoisotopic (exact) mass is 267 g/mol. The van der Waals surface area contributed by atoms with Crippen molar-refractivity contribution in [1.82, 2.24) is 9.97 Å². The van der Waals surface area contributed by atoms with Gasteiger partial charge in [0.15, 0.2) is 11.6 Å². The first-order valence-corrected chi connectivity index (χ1v) is 6.83. The van der Waals surface area contributed by atoms with Crippen molar-refractivity contribution in [2.45, 2.75) is 20.3 Å². The van der Waals surface area contributed by atoms with E-state index in [2.05, 4.69) is 35.2 Å². The molecule has 2 heterocycles. The Hall–Kier alpha value is -2.36. The Balaban J connectivity index is 2.06. The molecule has 0 saturated carbocycles. The molecule has 0 spiro atoms. The maximum absolute atomic E-state index is 5.89. The van der Waals surface area contributed by atoms with Gasteiger partial charge in [0, 0.05) is 24.3 Å². The van der Waals surface area contributed by atoms with Crippen molar-refractivity contribution < 1.29 is 4.42 Å². The molecule has 0 fully saturated rings. The summed E-state index contributed by atoms with van der Waals surface area (Å²) in [5, 5.41) is 4.37. The quantitative estimate of drug-likeness (QED) is 0.775. The highest BCUT2D eigenvalue weighted by Crippen LogP contribution is 2.30. The average Bonchev–Trinajstić information content (AvgIpc) is 2.88. The van der Waals surface area contributed by atoms with Crippen LogP contribution in [-0.2, 0) is 0 Å². The zero-order chi connectivity index (χ0) is 13.9. The second-order valence-electron chi connectivity index (χ2n) is 4.83. The predicted octanol–water partition coefficient (Wildman–Crippen LogP) is 4.02. The highest BCUT2D eigenvalue weighted by atomic mass is 16.3. The van der Waals surface area contributed by atoms with E-state index in [1.807, 2.05) is 18.2 Å². The highest BCUT2D eigenvalue weighted by molar-refractivity contribution is 5.84. The van der Waals surface area contributed by atoms with Crippen LogP contribution in [0.15, 0.2) is 41.1 Å². The van der Waals surface area contributed by atoms with Gasteiger partial charge in [0.2, 0.25) is 0 Å². The van der Waals surface area contributed by atoms with Gasteiger partial charge in [0.1, 0.15) is 11.3 Å². The van der Waals surface area contributed by atoms with E-state index in [9.17, 15) is 0 Å². The fraction of sp³-hybridized carbons (Fsp3) is 0.250. The summed E-state index contributed by atoms with van der Waals surface area (Å²) < 4.78 is 5.89. The topological polar surface area (TPSA) is 51.0 Å². The van der Waals surface area contributed by atoms with Crippen LogP contribution in [0.1, 0.15) is 18.9 Å². The van der Waals surface area contributed by atoms with E-state index in [-0.39, 0.29) is 0 Å². The first-order chi connectivity index (χ1) is 9.78. The summed E-state index contributed by atoms with van der Waals surface area (Å²) >= 11 is 0. The van der Waals surface area contributed by atoms with Crippen molar-refractivity contribution in [3.63, 3.8) is 0 Å². The largest absolute Gasteiger partial charge is 0.454 e. The first kappa shape index (κ1) is 12.7. The Morgan fingerprint density at radius 2 is 2.00 bits per heavy atom. The SMILES string of the molecule is CCCNc1nccnc1-c1cc2cc(C)ccc2o1. The summed E-state index contributed by atoms with van der Waals surface area (Å²) in [5.41, 5.74) is 2.85. The number of hydrogen-bond acceptors (Lipinski definition) is 4. The number of aromatic nitrogens is 2. The minimum absolute atomic E-state index is 0.748. The molecule has 3 aromatic rings. The number of anilines is 1. The molecule has 2 aromatic heterocycles. The van der Waals surface area contributed by atoms with Gasteiger partial charge < -0.3 is 9.73 Å². The molecule has 0 unspecified atom stereocenters. The van der Waals surface area contributed by atoms with Gasteiger partial charge in [0.25, 0.3) is 0 Å². The molecule has 0 saturated heterocycles. The smallest absolute Gasteiger partial charge is 0.157 e. The Labute approximate surface area is 117 Å². The van der Waals surface area contributed by atoms with Crippen LogP contribution >= 0.6 is 0 Å². The van der Waals surface area contributed by atoms with Crippen LogP contribution in [0.2, 0.25) is 0 Å². The Morgan fingerprint density at radius 1 is 1.15 bits per heavy atom. The summed E-state index contributed by atoms with van der Waals surface area (Å²) in [5.74, 6) is 1.52. The summed E-state index contributed by atoms with van der Waals surface area (Å²) in [6, 6.07) is 8.16. The van der Waals surface area contributed by atoms with Crippen molar-refractivity contribution in [3.8, 4) is 11.5 Å².